The number of hydrogen-bond donors (Lipinski definition) is 3. The Balaban J connectivity index is 0.000000397. The molecule has 1 fully saturated rings. The summed E-state index contributed by atoms with van der Waals surface area (Å²) in [7, 11) is 0. The molecule has 0 bridgehead atoms. The van der Waals surface area contributed by atoms with Crippen molar-refractivity contribution in [3.8, 4) is 6.07 Å². The van der Waals surface area contributed by atoms with Crippen LogP contribution in [0.1, 0.15) is 44.6 Å². The Labute approximate surface area is 177 Å². The highest BCUT2D eigenvalue weighted by Crippen LogP contribution is 2.39. The molecule has 150 valence electrons. The molecule has 1 aromatic rings. The first-order valence-electron chi connectivity index (χ1n) is 9.43. The minimum Gasteiger partial charge on any atom is -0.463 e. The molecule has 1 aromatic carbocycles. The van der Waals surface area contributed by atoms with E-state index in [0.717, 1.165) is 5.56 Å². The van der Waals surface area contributed by atoms with E-state index in [1.165, 1.54) is 32.4 Å². The van der Waals surface area contributed by atoms with Crippen molar-refractivity contribution in [2.45, 2.75) is 39.0 Å². The van der Waals surface area contributed by atoms with Gasteiger partial charge in [-0.3, -0.25) is 0 Å². The molecule has 0 amide bonds. The summed E-state index contributed by atoms with van der Waals surface area (Å²) < 4.78 is 5.14. The van der Waals surface area contributed by atoms with Crippen LogP contribution in [0, 0.1) is 11.3 Å². The first-order valence-corrected chi connectivity index (χ1v) is 10.3. The zero-order valence-electron chi connectivity index (χ0n) is 16.2. The Hall–Kier alpha value is -1.94. The molecule has 2 aliphatic rings. The summed E-state index contributed by atoms with van der Waals surface area (Å²) in [4.78, 5) is 12.3. The number of carbonyl (C=O) groups is 1. The number of nitrogens with zero attached hydrogens (tertiary/aromatic N) is 1. The Morgan fingerprint density at radius 2 is 1.93 bits per heavy atom. The fourth-order valence-corrected chi connectivity index (χ4v) is 3.67. The third-order valence-electron chi connectivity index (χ3n) is 4.57. The van der Waals surface area contributed by atoms with Crippen molar-refractivity contribution in [3.63, 3.8) is 0 Å². The summed E-state index contributed by atoms with van der Waals surface area (Å²) >= 11 is 10.2. The molecule has 1 unspecified atom stereocenters. The minimum absolute atomic E-state index is 0.266. The number of hydrogen-bond acceptors (Lipinski definition) is 6. The summed E-state index contributed by atoms with van der Waals surface area (Å²) in [6, 6.07) is 9.17. The SMILES string of the molecule is C1CCNCC1.CCOC(=O)C1=C(C)NC(S)=C(C#N)C1c1ccc(Cl)cc1. The van der Waals surface area contributed by atoms with Crippen molar-refractivity contribution in [2.75, 3.05) is 19.7 Å². The molecular weight excluding hydrogens is 394 g/mol. The molecule has 0 radical (unpaired) electrons. The number of ether oxygens (including phenoxy) is 1. The number of thiol groups is 1. The van der Waals surface area contributed by atoms with Gasteiger partial charge in [0.25, 0.3) is 0 Å². The molecule has 3 rings (SSSR count). The maximum Gasteiger partial charge on any atom is 0.336 e. The third-order valence-corrected chi connectivity index (χ3v) is 5.17. The van der Waals surface area contributed by atoms with E-state index in [0.29, 0.717) is 26.9 Å². The number of allylic oxidation sites excluding steroid dienone is 2. The number of esters is 1. The van der Waals surface area contributed by atoms with Gasteiger partial charge < -0.3 is 15.4 Å². The second-order valence-corrected chi connectivity index (χ2v) is 7.44. The van der Waals surface area contributed by atoms with E-state index >= 15 is 0 Å². The molecule has 0 spiro atoms. The average Bonchev–Trinajstić information content (AvgIpc) is 2.70. The van der Waals surface area contributed by atoms with Gasteiger partial charge in [-0.2, -0.15) is 5.26 Å². The Bertz CT molecular complexity index is 781. The monoisotopic (exact) mass is 419 g/mol. The lowest BCUT2D eigenvalue weighted by Gasteiger charge is -2.27. The van der Waals surface area contributed by atoms with Crippen LogP contribution in [0.3, 0.4) is 0 Å². The molecule has 2 N–H and O–H groups in total. The predicted molar refractivity (Wildman–Crippen MR) is 115 cm³/mol. The zero-order valence-corrected chi connectivity index (χ0v) is 17.9. The van der Waals surface area contributed by atoms with Crippen LogP contribution in [-0.4, -0.2) is 25.7 Å². The normalized spacial score (nSPS) is 19.2. The number of carbonyl (C=O) groups excluding carboxylic acids is 1. The van der Waals surface area contributed by atoms with Crippen molar-refractivity contribution in [3.05, 3.63) is 56.7 Å². The molecule has 2 aliphatic heterocycles. The molecule has 0 aliphatic carbocycles. The number of halogens is 1. The fourth-order valence-electron chi connectivity index (χ4n) is 3.20. The Morgan fingerprint density at radius 1 is 1.29 bits per heavy atom. The van der Waals surface area contributed by atoms with E-state index < -0.39 is 11.9 Å². The van der Waals surface area contributed by atoms with E-state index in [9.17, 15) is 10.1 Å². The summed E-state index contributed by atoms with van der Waals surface area (Å²) in [6.45, 7) is 6.27. The van der Waals surface area contributed by atoms with Gasteiger partial charge in [0.1, 0.15) is 0 Å². The van der Waals surface area contributed by atoms with E-state index in [-0.39, 0.29) is 6.61 Å². The quantitative estimate of drug-likeness (QED) is 0.503. The number of benzene rings is 1. The van der Waals surface area contributed by atoms with Crippen molar-refractivity contribution in [1.29, 1.82) is 5.26 Å². The lowest BCUT2D eigenvalue weighted by molar-refractivity contribution is -0.138. The van der Waals surface area contributed by atoms with Crippen molar-refractivity contribution >= 4 is 30.2 Å². The van der Waals surface area contributed by atoms with Gasteiger partial charge in [-0.15, -0.1) is 12.6 Å². The van der Waals surface area contributed by atoms with Gasteiger partial charge in [-0.05, 0) is 57.5 Å². The van der Waals surface area contributed by atoms with Gasteiger partial charge >= 0.3 is 5.97 Å². The molecule has 1 saturated heterocycles. The summed E-state index contributed by atoms with van der Waals surface area (Å²) in [5, 5.41) is 16.7. The van der Waals surface area contributed by atoms with Crippen molar-refractivity contribution < 1.29 is 9.53 Å². The maximum atomic E-state index is 12.3. The van der Waals surface area contributed by atoms with Gasteiger partial charge in [0.15, 0.2) is 0 Å². The van der Waals surface area contributed by atoms with Gasteiger partial charge in [-0.25, -0.2) is 4.79 Å². The Kier molecular flexibility index (Phi) is 8.91. The molecule has 0 aromatic heterocycles. The van der Waals surface area contributed by atoms with Gasteiger partial charge in [0.05, 0.1) is 34.8 Å². The summed E-state index contributed by atoms with van der Waals surface area (Å²) in [6.07, 6.45) is 4.22. The highest BCUT2D eigenvalue weighted by atomic mass is 35.5. The number of rotatable bonds is 3. The van der Waals surface area contributed by atoms with Crippen LogP contribution in [0.5, 0.6) is 0 Å². The number of dihydropyridines is 1. The first kappa shape index (κ1) is 22.4. The summed E-state index contributed by atoms with van der Waals surface area (Å²) in [5.74, 6) is -0.962. The largest absolute Gasteiger partial charge is 0.463 e. The molecule has 5 nitrogen and oxygen atoms in total. The molecule has 7 heteroatoms. The highest BCUT2D eigenvalue weighted by molar-refractivity contribution is 7.84. The van der Waals surface area contributed by atoms with Gasteiger partial charge in [0, 0.05) is 10.7 Å². The second-order valence-electron chi connectivity index (χ2n) is 6.55. The number of piperidine rings is 1. The van der Waals surface area contributed by atoms with Crippen LogP contribution in [0.2, 0.25) is 5.02 Å². The van der Waals surface area contributed by atoms with E-state index in [1.807, 2.05) is 0 Å². The standard InChI is InChI=1S/C16H15ClN2O2S.C5H11N/c1-3-21-16(20)13-9(2)19-15(22)12(8-18)14(13)10-4-6-11(17)7-5-10;1-2-4-6-5-3-1/h4-7,14,19,22H,3H2,1-2H3;6H,1-5H2. The van der Waals surface area contributed by atoms with Crippen LogP contribution < -0.4 is 10.6 Å². The van der Waals surface area contributed by atoms with Crippen LogP contribution in [0.25, 0.3) is 0 Å². The lowest BCUT2D eigenvalue weighted by atomic mass is 9.82. The molecular formula is C21H26ClN3O2S. The number of nitriles is 1. The van der Waals surface area contributed by atoms with Crippen LogP contribution in [0.4, 0.5) is 0 Å². The molecule has 1 atom stereocenters. The minimum atomic E-state index is -0.518. The van der Waals surface area contributed by atoms with E-state index in [1.54, 1.807) is 38.1 Å². The highest BCUT2D eigenvalue weighted by Gasteiger charge is 2.34. The smallest absolute Gasteiger partial charge is 0.336 e. The van der Waals surface area contributed by atoms with Gasteiger partial charge in [-0.1, -0.05) is 30.2 Å². The van der Waals surface area contributed by atoms with E-state index in [4.69, 9.17) is 16.3 Å². The van der Waals surface area contributed by atoms with Crippen LogP contribution in [-0.2, 0) is 9.53 Å². The van der Waals surface area contributed by atoms with Crippen molar-refractivity contribution in [2.24, 2.45) is 0 Å². The van der Waals surface area contributed by atoms with Gasteiger partial charge in [0.2, 0.25) is 0 Å². The molecule has 0 saturated carbocycles. The van der Waals surface area contributed by atoms with Crippen LogP contribution in [0.15, 0.2) is 46.1 Å². The third kappa shape index (κ3) is 5.78. The fraction of sp³-hybridized carbons (Fsp3) is 0.429. The number of nitrogens with one attached hydrogen (secondary N) is 2. The average molecular weight is 420 g/mol. The topological polar surface area (TPSA) is 74.2 Å². The molecule has 28 heavy (non-hydrogen) atoms. The lowest BCUT2D eigenvalue weighted by Crippen LogP contribution is -2.28. The maximum absolute atomic E-state index is 12.3. The first-order chi connectivity index (χ1) is 13.5. The zero-order chi connectivity index (χ0) is 20.5. The van der Waals surface area contributed by atoms with E-state index in [2.05, 4.69) is 29.3 Å². The van der Waals surface area contributed by atoms with Crippen molar-refractivity contribution in [1.82, 2.24) is 10.6 Å². The van der Waals surface area contributed by atoms with Crippen LogP contribution >= 0.6 is 24.2 Å². The second kappa shape index (κ2) is 11.2. The summed E-state index contributed by atoms with van der Waals surface area (Å²) in [5.41, 5.74) is 2.21. The molecule has 2 heterocycles. The predicted octanol–water partition coefficient (Wildman–Crippen LogP) is 4.29. The Morgan fingerprint density at radius 3 is 2.39 bits per heavy atom.